The van der Waals surface area contributed by atoms with Gasteiger partial charge in [0.05, 0.1) is 16.3 Å². The topological polar surface area (TPSA) is 50.7 Å². The molecule has 0 heterocycles. The summed E-state index contributed by atoms with van der Waals surface area (Å²) < 4.78 is 18.5. The summed E-state index contributed by atoms with van der Waals surface area (Å²) in [5.74, 6) is -0.00553. The molecule has 0 spiro atoms. The first-order valence-corrected chi connectivity index (χ1v) is 9.02. The van der Waals surface area contributed by atoms with E-state index >= 15 is 0 Å². The Morgan fingerprint density at radius 2 is 1.71 bits per heavy atom. The van der Waals surface area contributed by atoms with Gasteiger partial charge in [0, 0.05) is 5.56 Å². The number of ether oxygens (including phenoxy) is 1. The molecule has 0 bridgehead atoms. The maximum absolute atomic E-state index is 12.9. The molecule has 3 rings (SSSR count). The van der Waals surface area contributed by atoms with Gasteiger partial charge in [0.25, 0.3) is 5.91 Å². The van der Waals surface area contributed by atoms with Crippen molar-refractivity contribution in [3.63, 3.8) is 0 Å². The molecular weight excluding hydrogens is 402 g/mol. The minimum atomic E-state index is -0.394. The minimum absolute atomic E-state index is 0.279. The van der Waals surface area contributed by atoms with Gasteiger partial charge in [-0.25, -0.2) is 9.82 Å². The predicted octanol–water partition coefficient (Wildman–Crippen LogP) is 5.48. The van der Waals surface area contributed by atoms with E-state index in [1.807, 2.05) is 0 Å². The van der Waals surface area contributed by atoms with Crippen LogP contribution in [-0.2, 0) is 6.61 Å². The molecule has 28 heavy (non-hydrogen) atoms. The summed E-state index contributed by atoms with van der Waals surface area (Å²) in [7, 11) is 0. The summed E-state index contributed by atoms with van der Waals surface area (Å²) in [6.07, 6.45) is 1.51. The Kier molecular flexibility index (Phi) is 6.63. The second-order valence-corrected chi connectivity index (χ2v) is 6.63. The molecular formula is C21H15Cl2FN2O2. The van der Waals surface area contributed by atoms with Gasteiger partial charge in [-0.05, 0) is 65.7 Å². The summed E-state index contributed by atoms with van der Waals surface area (Å²) >= 11 is 11.7. The van der Waals surface area contributed by atoms with Gasteiger partial charge in [-0.3, -0.25) is 4.79 Å². The van der Waals surface area contributed by atoms with Crippen LogP contribution in [0.15, 0.2) is 71.8 Å². The molecule has 0 saturated heterocycles. The third kappa shape index (κ3) is 5.55. The lowest BCUT2D eigenvalue weighted by Crippen LogP contribution is -2.17. The maximum atomic E-state index is 12.9. The van der Waals surface area contributed by atoms with E-state index in [9.17, 15) is 9.18 Å². The Morgan fingerprint density at radius 3 is 2.39 bits per heavy atom. The molecule has 3 aromatic carbocycles. The lowest BCUT2D eigenvalue weighted by atomic mass is 10.2. The number of carbonyl (C=O) groups is 1. The second kappa shape index (κ2) is 9.35. The van der Waals surface area contributed by atoms with Gasteiger partial charge in [0.2, 0.25) is 0 Å². The highest BCUT2D eigenvalue weighted by Gasteiger charge is 2.06. The van der Waals surface area contributed by atoms with Crippen molar-refractivity contribution in [2.75, 3.05) is 0 Å². The number of carbonyl (C=O) groups excluding carboxylic acids is 1. The third-order valence-electron chi connectivity index (χ3n) is 3.76. The number of hydrazone groups is 1. The number of amides is 1. The summed E-state index contributed by atoms with van der Waals surface area (Å²) in [5, 5.41) is 4.60. The van der Waals surface area contributed by atoms with Crippen LogP contribution in [0.4, 0.5) is 4.39 Å². The molecule has 1 amide bonds. The van der Waals surface area contributed by atoms with Gasteiger partial charge in [0.1, 0.15) is 18.2 Å². The van der Waals surface area contributed by atoms with Crippen molar-refractivity contribution in [1.29, 1.82) is 0 Å². The van der Waals surface area contributed by atoms with Gasteiger partial charge in [-0.15, -0.1) is 0 Å². The molecule has 1 N–H and O–H groups in total. The van der Waals surface area contributed by atoms with Crippen molar-refractivity contribution in [1.82, 2.24) is 5.43 Å². The van der Waals surface area contributed by atoms with Crippen LogP contribution in [0.5, 0.6) is 5.75 Å². The van der Waals surface area contributed by atoms with E-state index in [4.69, 9.17) is 27.9 Å². The van der Waals surface area contributed by atoms with Gasteiger partial charge >= 0.3 is 0 Å². The molecule has 0 aromatic heterocycles. The van der Waals surface area contributed by atoms with E-state index in [-0.39, 0.29) is 5.82 Å². The van der Waals surface area contributed by atoms with E-state index in [0.29, 0.717) is 28.0 Å². The zero-order valence-corrected chi connectivity index (χ0v) is 16.0. The van der Waals surface area contributed by atoms with Gasteiger partial charge in [0.15, 0.2) is 0 Å². The highest BCUT2D eigenvalue weighted by atomic mass is 35.5. The average Bonchev–Trinajstić information content (AvgIpc) is 2.70. The molecule has 0 radical (unpaired) electrons. The van der Waals surface area contributed by atoms with Crippen LogP contribution in [0.1, 0.15) is 21.5 Å². The second-order valence-electron chi connectivity index (χ2n) is 5.81. The number of halogens is 3. The lowest BCUT2D eigenvalue weighted by Gasteiger charge is -2.06. The summed E-state index contributed by atoms with van der Waals surface area (Å²) in [6, 6.07) is 17.9. The first-order valence-electron chi connectivity index (χ1n) is 8.27. The van der Waals surface area contributed by atoms with Gasteiger partial charge in [-0.2, -0.15) is 5.10 Å². The summed E-state index contributed by atoms with van der Waals surface area (Å²) in [6.45, 7) is 0.341. The quantitative estimate of drug-likeness (QED) is 0.427. The lowest BCUT2D eigenvalue weighted by molar-refractivity contribution is 0.0955. The van der Waals surface area contributed by atoms with Gasteiger partial charge in [-0.1, -0.05) is 35.3 Å². The van der Waals surface area contributed by atoms with Crippen molar-refractivity contribution < 1.29 is 13.9 Å². The van der Waals surface area contributed by atoms with Crippen LogP contribution in [0.3, 0.4) is 0 Å². The maximum Gasteiger partial charge on any atom is 0.271 e. The molecule has 0 fully saturated rings. The summed E-state index contributed by atoms with van der Waals surface area (Å²) in [5.41, 5.74) is 4.44. The number of nitrogens with one attached hydrogen (secondary N) is 1. The zero-order valence-electron chi connectivity index (χ0n) is 14.5. The van der Waals surface area contributed by atoms with Crippen molar-refractivity contribution in [2.24, 2.45) is 5.10 Å². The van der Waals surface area contributed by atoms with E-state index in [1.54, 1.807) is 48.5 Å². The molecule has 0 aliphatic carbocycles. The monoisotopic (exact) mass is 416 g/mol. The van der Waals surface area contributed by atoms with E-state index in [0.717, 1.165) is 11.1 Å². The Hall–Kier alpha value is -2.89. The normalized spacial score (nSPS) is 10.8. The summed E-state index contributed by atoms with van der Waals surface area (Å²) in [4.78, 5) is 12.0. The molecule has 0 atom stereocenters. The molecule has 0 aliphatic heterocycles. The molecule has 142 valence electrons. The Labute approximate surface area is 171 Å². The molecule has 7 heteroatoms. The first kappa shape index (κ1) is 19.9. The van der Waals surface area contributed by atoms with Crippen LogP contribution in [0.25, 0.3) is 0 Å². The van der Waals surface area contributed by atoms with Crippen molar-refractivity contribution in [3.8, 4) is 5.75 Å². The third-order valence-corrected chi connectivity index (χ3v) is 4.50. The van der Waals surface area contributed by atoms with Crippen LogP contribution in [0, 0.1) is 5.82 Å². The van der Waals surface area contributed by atoms with Crippen molar-refractivity contribution in [3.05, 3.63) is 99.3 Å². The SMILES string of the molecule is O=C(N/N=C\c1ccc(OCc2ccc(F)cc2)cc1)c1ccc(Cl)c(Cl)c1. The van der Waals surface area contributed by atoms with Crippen LogP contribution < -0.4 is 10.2 Å². The van der Waals surface area contributed by atoms with Crippen molar-refractivity contribution >= 4 is 35.3 Å². The Bertz CT molecular complexity index is 990. The highest BCUT2D eigenvalue weighted by Crippen LogP contribution is 2.22. The van der Waals surface area contributed by atoms with Crippen LogP contribution in [0.2, 0.25) is 10.0 Å². The van der Waals surface area contributed by atoms with Crippen molar-refractivity contribution in [2.45, 2.75) is 6.61 Å². The fourth-order valence-electron chi connectivity index (χ4n) is 2.26. The fourth-order valence-corrected chi connectivity index (χ4v) is 2.56. The van der Waals surface area contributed by atoms with Crippen LogP contribution >= 0.6 is 23.2 Å². The van der Waals surface area contributed by atoms with E-state index in [2.05, 4.69) is 10.5 Å². The van der Waals surface area contributed by atoms with Gasteiger partial charge < -0.3 is 4.74 Å². The average molecular weight is 417 g/mol. The first-order chi connectivity index (χ1) is 13.5. The molecule has 0 saturated carbocycles. The molecule has 3 aromatic rings. The molecule has 0 aliphatic rings. The number of nitrogens with zero attached hydrogens (tertiary/aromatic N) is 1. The number of hydrogen-bond donors (Lipinski definition) is 1. The smallest absolute Gasteiger partial charge is 0.271 e. The fraction of sp³-hybridized carbons (Fsp3) is 0.0476. The zero-order chi connectivity index (χ0) is 19.9. The number of benzene rings is 3. The van der Waals surface area contributed by atoms with E-state index in [1.165, 1.54) is 24.4 Å². The highest BCUT2D eigenvalue weighted by molar-refractivity contribution is 6.42. The minimum Gasteiger partial charge on any atom is -0.489 e. The van der Waals surface area contributed by atoms with E-state index < -0.39 is 5.91 Å². The molecule has 4 nitrogen and oxygen atoms in total. The largest absolute Gasteiger partial charge is 0.489 e. The standard InChI is InChI=1S/C21H15Cl2FN2O2/c22-19-10-5-16(11-20(19)23)21(27)26-25-12-14-3-8-18(9-4-14)28-13-15-1-6-17(24)7-2-15/h1-12H,13H2,(H,26,27)/b25-12-. The van der Waals surface area contributed by atoms with Crippen LogP contribution in [-0.4, -0.2) is 12.1 Å². The number of hydrogen-bond acceptors (Lipinski definition) is 3. The number of rotatable bonds is 6. The Balaban J connectivity index is 1.52. The molecule has 0 unspecified atom stereocenters. The Morgan fingerprint density at radius 1 is 1.00 bits per heavy atom. The predicted molar refractivity (Wildman–Crippen MR) is 109 cm³/mol.